The molecule has 1 unspecified atom stereocenters. The second kappa shape index (κ2) is 7.67. The molecular formula is C12H16ClF3N2O. The van der Waals surface area contributed by atoms with Gasteiger partial charge in [-0.25, -0.2) is 0 Å². The van der Waals surface area contributed by atoms with Crippen molar-refractivity contribution in [1.82, 2.24) is 10.3 Å². The van der Waals surface area contributed by atoms with E-state index >= 15 is 0 Å². The molecule has 1 aromatic heterocycles. The lowest BCUT2D eigenvalue weighted by atomic mass is 10.1. The molecule has 0 bridgehead atoms. The summed E-state index contributed by atoms with van der Waals surface area (Å²) >= 11 is 5.96. The van der Waals surface area contributed by atoms with Crippen molar-refractivity contribution in [3.05, 3.63) is 29.0 Å². The zero-order valence-electron chi connectivity index (χ0n) is 10.5. The average Bonchev–Trinajstić information content (AvgIpc) is 2.30. The van der Waals surface area contributed by atoms with E-state index in [-0.39, 0.29) is 12.6 Å². The number of rotatable bonds is 7. The third kappa shape index (κ3) is 6.75. The Kier molecular flexibility index (Phi) is 6.54. The van der Waals surface area contributed by atoms with E-state index in [4.69, 9.17) is 11.6 Å². The van der Waals surface area contributed by atoms with Gasteiger partial charge >= 0.3 is 6.18 Å². The summed E-state index contributed by atoms with van der Waals surface area (Å²) in [5.41, 5.74) is 0.832. The summed E-state index contributed by atoms with van der Waals surface area (Å²) in [5.74, 6) is 0. The SMILES string of the molecule is CCNC(COCC(F)(F)F)Cc1ccncc1Cl. The molecule has 1 N–H and O–H groups in total. The van der Waals surface area contributed by atoms with E-state index in [1.807, 2.05) is 6.92 Å². The van der Waals surface area contributed by atoms with Crippen LogP contribution in [0, 0.1) is 0 Å². The molecule has 0 saturated heterocycles. The van der Waals surface area contributed by atoms with Crippen LogP contribution in [0.15, 0.2) is 18.5 Å². The van der Waals surface area contributed by atoms with E-state index in [2.05, 4.69) is 15.0 Å². The van der Waals surface area contributed by atoms with Gasteiger partial charge in [-0.05, 0) is 24.6 Å². The number of pyridine rings is 1. The molecule has 1 aromatic rings. The van der Waals surface area contributed by atoms with Crippen molar-refractivity contribution in [1.29, 1.82) is 0 Å². The zero-order chi connectivity index (χ0) is 14.3. The molecule has 19 heavy (non-hydrogen) atoms. The Morgan fingerprint density at radius 1 is 1.47 bits per heavy atom. The predicted molar refractivity (Wildman–Crippen MR) is 67.3 cm³/mol. The molecule has 0 aromatic carbocycles. The number of ether oxygens (including phenoxy) is 1. The number of alkyl halides is 3. The van der Waals surface area contributed by atoms with Crippen molar-refractivity contribution < 1.29 is 17.9 Å². The minimum atomic E-state index is -4.30. The van der Waals surface area contributed by atoms with Crippen LogP contribution < -0.4 is 5.32 Å². The van der Waals surface area contributed by atoms with Crippen LogP contribution >= 0.6 is 11.6 Å². The number of hydrogen-bond donors (Lipinski definition) is 1. The van der Waals surface area contributed by atoms with Gasteiger partial charge in [-0.15, -0.1) is 0 Å². The van der Waals surface area contributed by atoms with Crippen LogP contribution in [0.4, 0.5) is 13.2 Å². The van der Waals surface area contributed by atoms with E-state index in [0.29, 0.717) is 18.0 Å². The van der Waals surface area contributed by atoms with Crippen LogP contribution in [0.5, 0.6) is 0 Å². The Balaban J connectivity index is 2.51. The maximum absolute atomic E-state index is 12.0. The lowest BCUT2D eigenvalue weighted by Crippen LogP contribution is -2.36. The lowest BCUT2D eigenvalue weighted by molar-refractivity contribution is -0.175. The third-order valence-electron chi connectivity index (χ3n) is 2.40. The van der Waals surface area contributed by atoms with Crippen LogP contribution in [0.3, 0.4) is 0 Å². The number of likely N-dealkylation sites (N-methyl/N-ethyl adjacent to an activating group) is 1. The topological polar surface area (TPSA) is 34.1 Å². The first kappa shape index (κ1) is 16.2. The highest BCUT2D eigenvalue weighted by Gasteiger charge is 2.27. The van der Waals surface area contributed by atoms with Gasteiger partial charge in [-0.3, -0.25) is 4.98 Å². The van der Waals surface area contributed by atoms with E-state index in [1.165, 1.54) is 6.20 Å². The van der Waals surface area contributed by atoms with Crippen LogP contribution in [0.1, 0.15) is 12.5 Å². The van der Waals surface area contributed by atoms with Gasteiger partial charge in [0.2, 0.25) is 0 Å². The smallest absolute Gasteiger partial charge is 0.370 e. The Morgan fingerprint density at radius 2 is 2.21 bits per heavy atom. The first-order chi connectivity index (χ1) is 8.92. The maximum atomic E-state index is 12.0. The fraction of sp³-hybridized carbons (Fsp3) is 0.583. The number of hydrogen-bond acceptors (Lipinski definition) is 3. The summed E-state index contributed by atoms with van der Waals surface area (Å²) in [6.07, 6.45) is -0.699. The average molecular weight is 297 g/mol. The zero-order valence-corrected chi connectivity index (χ0v) is 11.3. The minimum absolute atomic E-state index is 0.0218. The van der Waals surface area contributed by atoms with E-state index < -0.39 is 12.8 Å². The van der Waals surface area contributed by atoms with Crippen LogP contribution in [0.25, 0.3) is 0 Å². The molecule has 0 radical (unpaired) electrons. The molecule has 108 valence electrons. The minimum Gasteiger partial charge on any atom is -0.370 e. The summed E-state index contributed by atoms with van der Waals surface area (Å²) in [6, 6.07) is 1.53. The number of nitrogens with zero attached hydrogens (tertiary/aromatic N) is 1. The standard InChI is InChI=1S/C12H16ClF3N2O/c1-2-18-10(7-19-8-12(14,15)16)5-9-3-4-17-6-11(9)13/h3-4,6,10,18H,2,5,7-8H2,1H3. The van der Waals surface area contributed by atoms with Gasteiger partial charge in [0.15, 0.2) is 0 Å². The van der Waals surface area contributed by atoms with Gasteiger partial charge in [0.1, 0.15) is 6.61 Å². The quantitative estimate of drug-likeness (QED) is 0.840. The van der Waals surface area contributed by atoms with Crippen LogP contribution in [-0.4, -0.2) is 37.0 Å². The van der Waals surface area contributed by atoms with E-state index in [1.54, 1.807) is 12.3 Å². The molecule has 0 aliphatic rings. The van der Waals surface area contributed by atoms with Gasteiger partial charge < -0.3 is 10.1 Å². The van der Waals surface area contributed by atoms with Crippen molar-refractivity contribution in [2.75, 3.05) is 19.8 Å². The van der Waals surface area contributed by atoms with E-state index in [9.17, 15) is 13.2 Å². The highest BCUT2D eigenvalue weighted by molar-refractivity contribution is 6.31. The van der Waals surface area contributed by atoms with Crippen molar-refractivity contribution in [3.63, 3.8) is 0 Å². The van der Waals surface area contributed by atoms with Crippen molar-refractivity contribution in [2.24, 2.45) is 0 Å². The Labute approximate surface area is 115 Å². The Bertz CT molecular complexity index is 387. The second-order valence-electron chi connectivity index (χ2n) is 4.06. The molecule has 1 rings (SSSR count). The fourth-order valence-corrected chi connectivity index (χ4v) is 1.83. The predicted octanol–water partition coefficient (Wildman–Crippen LogP) is 2.83. The molecule has 0 amide bonds. The second-order valence-corrected chi connectivity index (χ2v) is 4.46. The van der Waals surface area contributed by atoms with Crippen molar-refractivity contribution in [3.8, 4) is 0 Å². The van der Waals surface area contributed by atoms with Crippen molar-refractivity contribution in [2.45, 2.75) is 25.6 Å². The summed E-state index contributed by atoms with van der Waals surface area (Å²) in [4.78, 5) is 3.86. The lowest BCUT2D eigenvalue weighted by Gasteiger charge is -2.19. The highest BCUT2D eigenvalue weighted by Crippen LogP contribution is 2.17. The van der Waals surface area contributed by atoms with Crippen LogP contribution in [-0.2, 0) is 11.2 Å². The van der Waals surface area contributed by atoms with Crippen LogP contribution in [0.2, 0.25) is 5.02 Å². The van der Waals surface area contributed by atoms with Gasteiger partial charge in [0.05, 0.1) is 11.6 Å². The normalized spacial score (nSPS) is 13.5. The molecule has 3 nitrogen and oxygen atoms in total. The molecule has 0 fully saturated rings. The Hall–Kier alpha value is -0.850. The van der Waals surface area contributed by atoms with Crippen molar-refractivity contribution >= 4 is 11.6 Å². The maximum Gasteiger partial charge on any atom is 0.411 e. The van der Waals surface area contributed by atoms with E-state index in [0.717, 1.165) is 5.56 Å². The monoisotopic (exact) mass is 296 g/mol. The highest BCUT2D eigenvalue weighted by atomic mass is 35.5. The molecule has 1 atom stereocenters. The van der Waals surface area contributed by atoms with Gasteiger partial charge in [-0.1, -0.05) is 18.5 Å². The first-order valence-electron chi connectivity index (χ1n) is 5.88. The van der Waals surface area contributed by atoms with Gasteiger partial charge in [0, 0.05) is 18.4 Å². The summed E-state index contributed by atoms with van der Waals surface area (Å²) < 4.78 is 40.7. The molecule has 0 spiro atoms. The largest absolute Gasteiger partial charge is 0.411 e. The molecule has 0 aliphatic heterocycles. The Morgan fingerprint density at radius 3 is 2.79 bits per heavy atom. The summed E-state index contributed by atoms with van der Waals surface area (Å²) in [5, 5.41) is 3.57. The molecule has 1 heterocycles. The summed E-state index contributed by atoms with van der Waals surface area (Å²) in [6.45, 7) is 1.26. The molecule has 0 saturated carbocycles. The van der Waals surface area contributed by atoms with Gasteiger partial charge in [-0.2, -0.15) is 13.2 Å². The van der Waals surface area contributed by atoms with Gasteiger partial charge in [0.25, 0.3) is 0 Å². The number of halogens is 4. The number of aromatic nitrogens is 1. The fourth-order valence-electron chi connectivity index (χ4n) is 1.63. The first-order valence-corrected chi connectivity index (χ1v) is 6.26. The summed E-state index contributed by atoms with van der Waals surface area (Å²) in [7, 11) is 0. The molecule has 7 heteroatoms. The molecule has 0 aliphatic carbocycles. The number of nitrogens with one attached hydrogen (secondary N) is 1. The third-order valence-corrected chi connectivity index (χ3v) is 2.74. The molecular weight excluding hydrogens is 281 g/mol.